The van der Waals surface area contributed by atoms with E-state index >= 15 is 0 Å². The molecule has 3 rings (SSSR count). The molecule has 1 saturated heterocycles. The Balaban J connectivity index is 1.51. The molecule has 1 aliphatic heterocycles. The predicted molar refractivity (Wildman–Crippen MR) is 115 cm³/mol. The monoisotopic (exact) mass is 421 g/mol. The molecule has 0 bridgehead atoms. The second kappa shape index (κ2) is 9.58. The quantitative estimate of drug-likeness (QED) is 0.767. The lowest BCUT2D eigenvalue weighted by Gasteiger charge is -2.34. The van der Waals surface area contributed by atoms with E-state index in [-0.39, 0.29) is 11.9 Å². The molecule has 1 N–H and O–H groups in total. The first-order valence-electron chi connectivity index (χ1n) is 10.9. The minimum atomic E-state index is -3.48. The Morgan fingerprint density at radius 2 is 1.69 bits per heavy atom. The molecule has 2 unspecified atom stereocenters. The summed E-state index contributed by atoms with van der Waals surface area (Å²) in [7, 11) is -3.48. The Morgan fingerprint density at radius 3 is 2.28 bits per heavy atom. The number of piperazine rings is 1. The normalized spacial score (nSPS) is 24.6. The molecule has 1 aromatic carbocycles. The van der Waals surface area contributed by atoms with Crippen LogP contribution in [0.4, 0.5) is 0 Å². The first kappa shape index (κ1) is 22.2. The number of rotatable bonds is 6. The van der Waals surface area contributed by atoms with E-state index in [9.17, 15) is 13.2 Å². The summed E-state index contributed by atoms with van der Waals surface area (Å²) in [6, 6.07) is 7.48. The lowest BCUT2D eigenvalue weighted by Crippen LogP contribution is -2.52. The molecule has 0 spiro atoms. The van der Waals surface area contributed by atoms with E-state index in [0.717, 1.165) is 12.0 Å². The van der Waals surface area contributed by atoms with Gasteiger partial charge in [0.25, 0.3) is 0 Å². The summed E-state index contributed by atoms with van der Waals surface area (Å²) in [5, 5.41) is 3.19. The topological polar surface area (TPSA) is 69.7 Å². The zero-order chi connectivity index (χ0) is 21.0. The smallest absolute Gasteiger partial charge is 0.243 e. The molecule has 6 nitrogen and oxygen atoms in total. The fourth-order valence-electron chi connectivity index (χ4n) is 4.29. The maximum absolute atomic E-state index is 12.9. The molecular formula is C22H35N3O3S. The molecule has 0 aromatic heterocycles. The van der Waals surface area contributed by atoms with Crippen molar-refractivity contribution in [3.63, 3.8) is 0 Å². The van der Waals surface area contributed by atoms with Crippen LogP contribution in [0.25, 0.3) is 0 Å². The third-order valence-electron chi connectivity index (χ3n) is 6.34. The van der Waals surface area contributed by atoms with E-state index in [0.29, 0.717) is 49.5 Å². The highest BCUT2D eigenvalue weighted by Crippen LogP contribution is 2.24. The van der Waals surface area contributed by atoms with Gasteiger partial charge in [0, 0.05) is 32.2 Å². The molecule has 1 aromatic rings. The van der Waals surface area contributed by atoms with E-state index in [2.05, 4.69) is 31.0 Å². The lowest BCUT2D eigenvalue weighted by atomic mass is 9.86. The van der Waals surface area contributed by atoms with E-state index in [1.165, 1.54) is 23.6 Å². The van der Waals surface area contributed by atoms with Crippen molar-refractivity contribution in [2.75, 3.05) is 32.7 Å². The average Bonchev–Trinajstić information content (AvgIpc) is 2.70. The van der Waals surface area contributed by atoms with Crippen LogP contribution in [0, 0.1) is 5.92 Å². The molecule has 1 amide bonds. The number of nitrogens with one attached hydrogen (secondary N) is 1. The van der Waals surface area contributed by atoms with Crippen molar-refractivity contribution in [1.29, 1.82) is 0 Å². The minimum Gasteiger partial charge on any atom is -0.352 e. The number of benzene rings is 1. The summed E-state index contributed by atoms with van der Waals surface area (Å²) < 4.78 is 27.4. The SMILES string of the molecule is CC(C)c1ccc(S(=O)(=O)N2CCN(CC(=O)NC3CCCCC3C)CC2)cc1. The number of hydrogen-bond donors (Lipinski definition) is 1. The summed E-state index contributed by atoms with van der Waals surface area (Å²) in [4.78, 5) is 14.8. The molecule has 0 radical (unpaired) electrons. The van der Waals surface area contributed by atoms with Crippen LogP contribution in [0.15, 0.2) is 29.2 Å². The van der Waals surface area contributed by atoms with Crippen LogP contribution in [0.2, 0.25) is 0 Å². The van der Waals surface area contributed by atoms with E-state index in [1.54, 1.807) is 12.1 Å². The highest BCUT2D eigenvalue weighted by molar-refractivity contribution is 7.89. The molecule has 1 heterocycles. The zero-order valence-electron chi connectivity index (χ0n) is 17.9. The Kier molecular flexibility index (Phi) is 7.35. The van der Waals surface area contributed by atoms with Crippen LogP contribution in [0.5, 0.6) is 0 Å². The first-order valence-corrected chi connectivity index (χ1v) is 12.3. The van der Waals surface area contributed by atoms with E-state index in [4.69, 9.17) is 0 Å². The number of hydrogen-bond acceptors (Lipinski definition) is 4. The van der Waals surface area contributed by atoms with Gasteiger partial charge in [-0.1, -0.05) is 45.7 Å². The fourth-order valence-corrected chi connectivity index (χ4v) is 5.71. The fraction of sp³-hybridized carbons (Fsp3) is 0.682. The highest BCUT2D eigenvalue weighted by Gasteiger charge is 2.30. The van der Waals surface area contributed by atoms with Gasteiger partial charge >= 0.3 is 0 Å². The van der Waals surface area contributed by atoms with Gasteiger partial charge in [0.1, 0.15) is 0 Å². The molecule has 1 aliphatic carbocycles. The number of nitrogens with zero attached hydrogens (tertiary/aromatic N) is 2. The van der Waals surface area contributed by atoms with Crippen molar-refractivity contribution in [2.45, 2.75) is 63.3 Å². The van der Waals surface area contributed by atoms with E-state index in [1.807, 2.05) is 12.1 Å². The maximum atomic E-state index is 12.9. The number of sulfonamides is 1. The standard InChI is InChI=1S/C22H35N3O3S/c1-17(2)19-8-10-20(11-9-19)29(27,28)25-14-12-24(13-15-25)16-22(26)23-21-7-5-4-6-18(21)3/h8-11,17-18,21H,4-7,12-16H2,1-3H3,(H,23,26). The molecule has 1 saturated carbocycles. The van der Waals surface area contributed by atoms with Crippen molar-refractivity contribution >= 4 is 15.9 Å². The zero-order valence-corrected chi connectivity index (χ0v) is 18.7. The van der Waals surface area contributed by atoms with Crippen molar-refractivity contribution in [3.8, 4) is 0 Å². The Morgan fingerprint density at radius 1 is 1.07 bits per heavy atom. The number of amides is 1. The van der Waals surface area contributed by atoms with Crippen LogP contribution in [0.1, 0.15) is 57.9 Å². The van der Waals surface area contributed by atoms with Crippen molar-refractivity contribution in [3.05, 3.63) is 29.8 Å². The van der Waals surface area contributed by atoms with Crippen LogP contribution in [-0.2, 0) is 14.8 Å². The third kappa shape index (κ3) is 5.58. The molecule has 2 atom stereocenters. The van der Waals surface area contributed by atoms with Crippen LogP contribution >= 0.6 is 0 Å². The Labute approximate surface area is 175 Å². The van der Waals surface area contributed by atoms with Gasteiger partial charge in [0.2, 0.25) is 15.9 Å². The maximum Gasteiger partial charge on any atom is 0.243 e. The molecular weight excluding hydrogens is 386 g/mol. The summed E-state index contributed by atoms with van der Waals surface area (Å²) >= 11 is 0. The second-order valence-electron chi connectivity index (χ2n) is 8.84. The first-order chi connectivity index (χ1) is 13.8. The van der Waals surface area contributed by atoms with Gasteiger partial charge in [-0.25, -0.2) is 8.42 Å². The third-order valence-corrected chi connectivity index (χ3v) is 8.25. The van der Waals surface area contributed by atoms with Crippen molar-refractivity contribution in [1.82, 2.24) is 14.5 Å². The number of carbonyl (C=O) groups is 1. The molecule has 29 heavy (non-hydrogen) atoms. The highest BCUT2D eigenvalue weighted by atomic mass is 32.2. The van der Waals surface area contributed by atoms with Crippen LogP contribution in [0.3, 0.4) is 0 Å². The summed E-state index contributed by atoms with van der Waals surface area (Å²) in [6.45, 7) is 8.74. The minimum absolute atomic E-state index is 0.0596. The van der Waals surface area contributed by atoms with Crippen molar-refractivity contribution < 1.29 is 13.2 Å². The van der Waals surface area contributed by atoms with Gasteiger partial charge in [-0.15, -0.1) is 0 Å². The Bertz CT molecular complexity index is 784. The Hall–Kier alpha value is -1.44. The molecule has 2 fully saturated rings. The van der Waals surface area contributed by atoms with Gasteiger partial charge in [0.15, 0.2) is 0 Å². The number of carbonyl (C=O) groups excluding carboxylic acids is 1. The molecule has 2 aliphatic rings. The summed E-state index contributed by atoms with van der Waals surface area (Å²) in [5.74, 6) is 0.971. The van der Waals surface area contributed by atoms with E-state index < -0.39 is 10.0 Å². The van der Waals surface area contributed by atoms with Gasteiger partial charge in [-0.2, -0.15) is 4.31 Å². The molecule has 162 valence electrons. The van der Waals surface area contributed by atoms with Crippen molar-refractivity contribution in [2.24, 2.45) is 5.92 Å². The van der Waals surface area contributed by atoms with Gasteiger partial charge in [-0.3, -0.25) is 9.69 Å². The largest absolute Gasteiger partial charge is 0.352 e. The summed E-state index contributed by atoms with van der Waals surface area (Å²) in [6.07, 6.45) is 4.68. The lowest BCUT2D eigenvalue weighted by molar-refractivity contribution is -0.123. The van der Waals surface area contributed by atoms with Crippen LogP contribution in [-0.4, -0.2) is 62.3 Å². The molecule has 7 heteroatoms. The predicted octanol–water partition coefficient (Wildman–Crippen LogP) is 2.81. The van der Waals surface area contributed by atoms with Gasteiger partial charge in [0.05, 0.1) is 11.4 Å². The second-order valence-corrected chi connectivity index (χ2v) is 10.8. The van der Waals surface area contributed by atoms with Gasteiger partial charge < -0.3 is 5.32 Å². The average molecular weight is 422 g/mol. The van der Waals surface area contributed by atoms with Crippen LogP contribution < -0.4 is 5.32 Å². The summed E-state index contributed by atoms with van der Waals surface area (Å²) in [5.41, 5.74) is 1.13. The van der Waals surface area contributed by atoms with Gasteiger partial charge in [-0.05, 0) is 42.4 Å².